The highest BCUT2D eigenvalue weighted by Crippen LogP contribution is 2.07. The van der Waals surface area contributed by atoms with Crippen LogP contribution in [0.15, 0.2) is 59.5 Å². The van der Waals surface area contributed by atoms with Gasteiger partial charge in [-0.05, 0) is 11.1 Å². The molecule has 4 aromatic rings. The standard InChI is InChI=1S/C17H14N6O2S/c24-15(14-8-20-17-23(16(14)25)5-6-26-17)19-7-12-1-3-13(4-2-12)9-22-11-18-10-21-22/h1-6,8,10-11H,7,9H2,(H,19,24). The van der Waals surface area contributed by atoms with Gasteiger partial charge in [0.2, 0.25) is 0 Å². The molecule has 0 aliphatic rings. The van der Waals surface area contributed by atoms with Gasteiger partial charge in [-0.2, -0.15) is 5.10 Å². The molecule has 130 valence electrons. The van der Waals surface area contributed by atoms with Crippen LogP contribution in [0.3, 0.4) is 0 Å². The lowest BCUT2D eigenvalue weighted by Crippen LogP contribution is -2.30. The lowest BCUT2D eigenvalue weighted by molar-refractivity contribution is 0.0949. The molecule has 1 amide bonds. The fourth-order valence-corrected chi connectivity index (χ4v) is 3.20. The van der Waals surface area contributed by atoms with Gasteiger partial charge >= 0.3 is 0 Å². The van der Waals surface area contributed by atoms with Crippen LogP contribution in [0.5, 0.6) is 0 Å². The highest BCUT2D eigenvalue weighted by molar-refractivity contribution is 7.15. The van der Waals surface area contributed by atoms with Gasteiger partial charge in [-0.3, -0.25) is 14.0 Å². The largest absolute Gasteiger partial charge is 0.348 e. The highest BCUT2D eigenvalue weighted by atomic mass is 32.1. The van der Waals surface area contributed by atoms with Crippen molar-refractivity contribution in [2.45, 2.75) is 13.1 Å². The third-order valence-corrected chi connectivity index (χ3v) is 4.65. The van der Waals surface area contributed by atoms with E-state index in [1.807, 2.05) is 24.3 Å². The van der Waals surface area contributed by atoms with Crippen molar-refractivity contribution >= 4 is 22.2 Å². The molecule has 0 aliphatic heterocycles. The van der Waals surface area contributed by atoms with Gasteiger partial charge in [0.05, 0.1) is 6.54 Å². The predicted octanol–water partition coefficient (Wildman–Crippen LogP) is 1.33. The molecule has 0 saturated heterocycles. The molecule has 4 rings (SSSR count). The van der Waals surface area contributed by atoms with Gasteiger partial charge in [-0.15, -0.1) is 11.3 Å². The van der Waals surface area contributed by atoms with Crippen molar-refractivity contribution in [3.05, 3.63) is 81.7 Å². The number of benzene rings is 1. The Balaban J connectivity index is 1.42. The van der Waals surface area contributed by atoms with Crippen LogP contribution in [-0.4, -0.2) is 30.1 Å². The SMILES string of the molecule is O=C(NCc1ccc(Cn2cncn2)cc1)c1cnc2sccn2c1=O. The van der Waals surface area contributed by atoms with Crippen molar-refractivity contribution in [2.75, 3.05) is 0 Å². The summed E-state index contributed by atoms with van der Waals surface area (Å²) < 4.78 is 3.11. The molecule has 1 N–H and O–H groups in total. The van der Waals surface area contributed by atoms with Crippen molar-refractivity contribution in [3.63, 3.8) is 0 Å². The maximum atomic E-state index is 12.3. The summed E-state index contributed by atoms with van der Waals surface area (Å²) in [5.41, 5.74) is 1.68. The number of carbonyl (C=O) groups is 1. The fourth-order valence-electron chi connectivity index (χ4n) is 2.52. The molecule has 9 heteroatoms. The average Bonchev–Trinajstić information content (AvgIpc) is 3.33. The van der Waals surface area contributed by atoms with Crippen molar-refractivity contribution in [2.24, 2.45) is 0 Å². The van der Waals surface area contributed by atoms with Crippen LogP contribution in [0.2, 0.25) is 0 Å². The lowest BCUT2D eigenvalue weighted by atomic mass is 10.1. The Labute approximate surface area is 151 Å². The molecule has 0 aliphatic carbocycles. The monoisotopic (exact) mass is 366 g/mol. The van der Waals surface area contributed by atoms with Crippen LogP contribution in [-0.2, 0) is 13.1 Å². The number of thiazole rings is 1. The molecule has 0 unspecified atom stereocenters. The first-order chi connectivity index (χ1) is 12.7. The van der Waals surface area contributed by atoms with Gasteiger partial charge in [-0.1, -0.05) is 24.3 Å². The first-order valence-electron chi connectivity index (χ1n) is 7.84. The number of carbonyl (C=O) groups excluding carboxylic acids is 1. The van der Waals surface area contributed by atoms with E-state index >= 15 is 0 Å². The molecule has 0 radical (unpaired) electrons. The van der Waals surface area contributed by atoms with Crippen molar-refractivity contribution in [1.82, 2.24) is 29.5 Å². The van der Waals surface area contributed by atoms with E-state index in [0.717, 1.165) is 11.1 Å². The quantitative estimate of drug-likeness (QED) is 0.575. The Bertz CT molecular complexity index is 1100. The van der Waals surface area contributed by atoms with Crippen molar-refractivity contribution in [1.29, 1.82) is 0 Å². The third kappa shape index (κ3) is 3.24. The summed E-state index contributed by atoms with van der Waals surface area (Å²) in [6, 6.07) is 7.80. The van der Waals surface area contributed by atoms with Gasteiger partial charge in [0.15, 0.2) is 4.96 Å². The molecule has 0 atom stereocenters. The van der Waals surface area contributed by atoms with Crippen LogP contribution in [0.1, 0.15) is 21.5 Å². The summed E-state index contributed by atoms with van der Waals surface area (Å²) >= 11 is 1.34. The molecule has 0 fully saturated rings. The van der Waals surface area contributed by atoms with Gasteiger partial charge in [-0.25, -0.2) is 14.6 Å². The summed E-state index contributed by atoms with van der Waals surface area (Å²) in [7, 11) is 0. The predicted molar refractivity (Wildman–Crippen MR) is 96.1 cm³/mol. The number of amides is 1. The van der Waals surface area contributed by atoms with E-state index in [1.54, 1.807) is 22.6 Å². The number of fused-ring (bicyclic) bond motifs is 1. The zero-order valence-electron chi connectivity index (χ0n) is 13.6. The van der Waals surface area contributed by atoms with Crippen molar-refractivity contribution < 1.29 is 4.79 Å². The summed E-state index contributed by atoms with van der Waals surface area (Å²) in [6.45, 7) is 0.962. The molecular formula is C17H14N6O2S. The number of hydrogen-bond donors (Lipinski definition) is 1. The molecule has 3 heterocycles. The van der Waals surface area contributed by atoms with Crippen LogP contribution in [0.25, 0.3) is 4.96 Å². The van der Waals surface area contributed by atoms with E-state index in [2.05, 4.69) is 20.4 Å². The Morgan fingerprint density at radius 1 is 1.19 bits per heavy atom. The third-order valence-electron chi connectivity index (χ3n) is 3.87. The highest BCUT2D eigenvalue weighted by Gasteiger charge is 2.13. The minimum absolute atomic E-state index is 0.0312. The maximum absolute atomic E-state index is 12.3. The van der Waals surface area contributed by atoms with E-state index in [9.17, 15) is 9.59 Å². The molecule has 26 heavy (non-hydrogen) atoms. The Hall–Kier alpha value is -3.33. The minimum atomic E-state index is -0.435. The molecular weight excluding hydrogens is 352 g/mol. The van der Waals surface area contributed by atoms with Crippen molar-refractivity contribution in [3.8, 4) is 0 Å². The number of nitrogens with one attached hydrogen (secondary N) is 1. The topological polar surface area (TPSA) is 94.2 Å². The Morgan fingerprint density at radius 2 is 2.00 bits per heavy atom. The second-order valence-corrected chi connectivity index (χ2v) is 6.50. The van der Waals surface area contributed by atoms with Crippen LogP contribution >= 0.6 is 11.3 Å². The minimum Gasteiger partial charge on any atom is -0.348 e. The zero-order valence-corrected chi connectivity index (χ0v) is 14.4. The van der Waals surface area contributed by atoms with E-state index in [-0.39, 0.29) is 11.1 Å². The number of aromatic nitrogens is 5. The number of hydrogen-bond acceptors (Lipinski definition) is 6. The second-order valence-electron chi connectivity index (χ2n) is 5.62. The van der Waals surface area contributed by atoms with Crippen LogP contribution in [0, 0.1) is 0 Å². The molecule has 0 saturated carbocycles. The summed E-state index contributed by atoms with van der Waals surface area (Å²) in [4.78, 5) is 33.2. The second kappa shape index (κ2) is 6.89. The Kier molecular flexibility index (Phi) is 4.28. The van der Waals surface area contributed by atoms with Gasteiger partial charge < -0.3 is 5.32 Å². The van der Waals surface area contributed by atoms with E-state index in [1.165, 1.54) is 28.3 Å². The van der Waals surface area contributed by atoms with Gasteiger partial charge in [0, 0.05) is 24.3 Å². The molecule has 8 nitrogen and oxygen atoms in total. The normalized spacial score (nSPS) is 10.9. The number of rotatable bonds is 5. The Morgan fingerprint density at radius 3 is 2.77 bits per heavy atom. The average molecular weight is 366 g/mol. The van der Waals surface area contributed by atoms with Crippen LogP contribution in [0.4, 0.5) is 0 Å². The molecule has 0 spiro atoms. The first kappa shape index (κ1) is 16.2. The van der Waals surface area contributed by atoms with Gasteiger partial charge in [0.25, 0.3) is 11.5 Å². The maximum Gasteiger partial charge on any atom is 0.271 e. The van der Waals surface area contributed by atoms with E-state index in [0.29, 0.717) is 18.1 Å². The van der Waals surface area contributed by atoms with E-state index in [4.69, 9.17) is 0 Å². The smallest absolute Gasteiger partial charge is 0.271 e. The molecule has 1 aromatic carbocycles. The fraction of sp³-hybridized carbons (Fsp3) is 0.118. The molecule has 3 aromatic heterocycles. The molecule has 0 bridgehead atoms. The lowest BCUT2D eigenvalue weighted by Gasteiger charge is -2.07. The number of nitrogens with zero attached hydrogens (tertiary/aromatic N) is 5. The van der Waals surface area contributed by atoms with Gasteiger partial charge in [0.1, 0.15) is 18.2 Å². The summed E-state index contributed by atoms with van der Waals surface area (Å²) in [5, 5.41) is 8.58. The van der Waals surface area contributed by atoms with E-state index < -0.39 is 5.91 Å². The zero-order chi connectivity index (χ0) is 17.9. The summed E-state index contributed by atoms with van der Waals surface area (Å²) in [5.74, 6) is -0.435. The first-order valence-corrected chi connectivity index (χ1v) is 8.72. The van der Waals surface area contributed by atoms with Crippen LogP contribution < -0.4 is 10.9 Å². The summed E-state index contributed by atoms with van der Waals surface area (Å²) in [6.07, 6.45) is 6.09.